The van der Waals surface area contributed by atoms with Crippen LogP contribution in [-0.2, 0) is 11.0 Å². The number of carboxylic acids is 1. The van der Waals surface area contributed by atoms with Gasteiger partial charge in [0.15, 0.2) is 5.58 Å². The van der Waals surface area contributed by atoms with Gasteiger partial charge in [0.2, 0.25) is 5.89 Å². The summed E-state index contributed by atoms with van der Waals surface area (Å²) >= 11 is 0. The molecule has 0 aliphatic carbocycles. The SMILES string of the molecule is O=C(O)C1CN(c2ccc3oc(-c4ccc(-c5ccccc5)c(C(F)(F)F)c4)nc3c2)C1. The Morgan fingerprint density at radius 2 is 1.75 bits per heavy atom. The standard InChI is InChI=1S/C24H17F3N2O3/c25-24(26,27)19-10-15(6-8-18(19)14-4-2-1-3-5-14)22-28-20-11-17(7-9-21(20)32-22)29-12-16(13-29)23(30)31/h1-11,16H,12-13H2,(H,30,31). The molecule has 1 aliphatic rings. The van der Waals surface area contributed by atoms with Crippen molar-refractivity contribution < 1.29 is 27.5 Å². The van der Waals surface area contributed by atoms with E-state index in [9.17, 15) is 18.0 Å². The third-order valence-electron chi connectivity index (χ3n) is 5.62. The smallest absolute Gasteiger partial charge is 0.417 e. The van der Waals surface area contributed by atoms with E-state index in [-0.39, 0.29) is 17.0 Å². The number of nitrogens with zero attached hydrogens (tertiary/aromatic N) is 2. The average molecular weight is 438 g/mol. The summed E-state index contributed by atoms with van der Waals surface area (Å²) in [4.78, 5) is 17.3. The third kappa shape index (κ3) is 3.57. The quantitative estimate of drug-likeness (QED) is 0.443. The molecule has 5 rings (SSSR count). The number of carbonyl (C=O) groups is 1. The highest BCUT2D eigenvalue weighted by atomic mass is 19.4. The zero-order valence-corrected chi connectivity index (χ0v) is 16.6. The Labute approximate surface area is 180 Å². The number of carboxylic acid groups (broad SMARTS) is 1. The van der Waals surface area contributed by atoms with Crippen LogP contribution in [0.2, 0.25) is 0 Å². The monoisotopic (exact) mass is 438 g/mol. The van der Waals surface area contributed by atoms with E-state index in [0.29, 0.717) is 29.8 Å². The van der Waals surface area contributed by atoms with Crippen molar-refractivity contribution in [2.45, 2.75) is 6.18 Å². The fourth-order valence-electron chi connectivity index (χ4n) is 3.86. The predicted molar refractivity (Wildman–Crippen MR) is 113 cm³/mol. The molecule has 1 aromatic heterocycles. The number of hydrogen-bond donors (Lipinski definition) is 1. The van der Waals surface area contributed by atoms with Gasteiger partial charge in [-0.15, -0.1) is 0 Å². The number of rotatable bonds is 4. The molecule has 0 spiro atoms. The lowest BCUT2D eigenvalue weighted by Gasteiger charge is -2.38. The van der Waals surface area contributed by atoms with Gasteiger partial charge in [0.1, 0.15) is 5.52 Å². The van der Waals surface area contributed by atoms with Crippen molar-refractivity contribution >= 4 is 22.8 Å². The van der Waals surface area contributed by atoms with Gasteiger partial charge in [-0.1, -0.05) is 36.4 Å². The Balaban J connectivity index is 1.50. The Morgan fingerprint density at radius 1 is 1.00 bits per heavy atom. The molecule has 0 bridgehead atoms. The van der Waals surface area contributed by atoms with E-state index in [1.54, 1.807) is 54.6 Å². The van der Waals surface area contributed by atoms with Crippen LogP contribution in [0.15, 0.2) is 71.1 Å². The number of fused-ring (bicyclic) bond motifs is 1. The van der Waals surface area contributed by atoms with Crippen molar-refractivity contribution in [1.29, 1.82) is 0 Å². The summed E-state index contributed by atoms with van der Waals surface area (Å²) in [7, 11) is 0. The summed E-state index contributed by atoms with van der Waals surface area (Å²) in [6.07, 6.45) is -4.54. The first-order chi connectivity index (χ1) is 15.3. The molecular formula is C24H17F3N2O3. The molecule has 0 radical (unpaired) electrons. The molecule has 162 valence electrons. The van der Waals surface area contributed by atoms with E-state index in [4.69, 9.17) is 9.52 Å². The molecule has 8 heteroatoms. The van der Waals surface area contributed by atoms with Gasteiger partial charge in [0, 0.05) is 24.3 Å². The lowest BCUT2D eigenvalue weighted by molar-refractivity contribution is -0.142. The van der Waals surface area contributed by atoms with E-state index in [0.717, 1.165) is 11.8 Å². The fraction of sp³-hybridized carbons (Fsp3) is 0.167. The summed E-state index contributed by atoms with van der Waals surface area (Å²) in [5, 5.41) is 9.04. The number of anilines is 1. The van der Waals surface area contributed by atoms with Crippen molar-refractivity contribution in [2.24, 2.45) is 5.92 Å². The molecule has 4 aromatic rings. The maximum absolute atomic E-state index is 13.8. The highest BCUT2D eigenvalue weighted by Crippen LogP contribution is 2.40. The molecule has 1 aliphatic heterocycles. The van der Waals surface area contributed by atoms with E-state index in [1.165, 1.54) is 6.07 Å². The molecule has 1 N–H and O–H groups in total. The topological polar surface area (TPSA) is 66.6 Å². The van der Waals surface area contributed by atoms with Crippen molar-refractivity contribution in [3.8, 4) is 22.6 Å². The summed E-state index contributed by atoms with van der Waals surface area (Å²) in [6.45, 7) is 0.808. The summed E-state index contributed by atoms with van der Waals surface area (Å²) in [5.41, 5.74) is 1.77. The van der Waals surface area contributed by atoms with E-state index in [1.807, 2.05) is 4.90 Å². The minimum absolute atomic E-state index is 0.0889. The first-order valence-electron chi connectivity index (χ1n) is 9.95. The van der Waals surface area contributed by atoms with Crippen LogP contribution < -0.4 is 4.90 Å². The maximum atomic E-state index is 13.8. The Morgan fingerprint density at radius 3 is 2.44 bits per heavy atom. The average Bonchev–Trinajstić information content (AvgIpc) is 3.15. The molecule has 2 heterocycles. The molecule has 5 nitrogen and oxygen atoms in total. The molecule has 0 unspecified atom stereocenters. The van der Waals surface area contributed by atoms with Crippen LogP contribution in [0.25, 0.3) is 33.7 Å². The second kappa shape index (κ2) is 7.40. The zero-order chi connectivity index (χ0) is 22.5. The van der Waals surface area contributed by atoms with E-state index >= 15 is 0 Å². The van der Waals surface area contributed by atoms with Gasteiger partial charge in [0.05, 0.1) is 11.5 Å². The molecule has 1 saturated heterocycles. The van der Waals surface area contributed by atoms with Gasteiger partial charge in [0.25, 0.3) is 0 Å². The molecule has 0 atom stereocenters. The first kappa shape index (κ1) is 20.1. The molecule has 32 heavy (non-hydrogen) atoms. The van der Waals surface area contributed by atoms with Gasteiger partial charge in [-0.25, -0.2) is 4.98 Å². The van der Waals surface area contributed by atoms with Crippen LogP contribution in [0.3, 0.4) is 0 Å². The number of oxazole rings is 1. The molecule has 0 amide bonds. The number of aromatic nitrogens is 1. The number of alkyl halides is 3. The van der Waals surface area contributed by atoms with Crippen LogP contribution in [0.5, 0.6) is 0 Å². The summed E-state index contributed by atoms with van der Waals surface area (Å²) in [5.74, 6) is -1.14. The van der Waals surface area contributed by atoms with Crippen LogP contribution >= 0.6 is 0 Å². The van der Waals surface area contributed by atoms with Crippen LogP contribution in [0, 0.1) is 5.92 Å². The second-order valence-corrected chi connectivity index (χ2v) is 7.74. The Hall–Kier alpha value is -3.81. The highest BCUT2D eigenvalue weighted by Gasteiger charge is 2.35. The number of aliphatic carboxylic acids is 1. The number of benzene rings is 3. The molecule has 0 saturated carbocycles. The molecular weight excluding hydrogens is 421 g/mol. The van der Waals surface area contributed by atoms with Crippen molar-refractivity contribution in [1.82, 2.24) is 4.98 Å². The zero-order valence-electron chi connectivity index (χ0n) is 16.6. The predicted octanol–water partition coefficient (Wildman–Crippen LogP) is 5.70. The molecule has 1 fully saturated rings. The third-order valence-corrected chi connectivity index (χ3v) is 5.62. The van der Waals surface area contributed by atoms with Crippen LogP contribution in [-0.4, -0.2) is 29.1 Å². The van der Waals surface area contributed by atoms with Crippen molar-refractivity contribution in [3.63, 3.8) is 0 Å². The van der Waals surface area contributed by atoms with Crippen molar-refractivity contribution in [2.75, 3.05) is 18.0 Å². The Kier molecular flexibility index (Phi) is 4.65. The number of hydrogen-bond acceptors (Lipinski definition) is 4. The second-order valence-electron chi connectivity index (χ2n) is 7.74. The minimum Gasteiger partial charge on any atom is -0.481 e. The van der Waals surface area contributed by atoms with E-state index < -0.39 is 23.6 Å². The van der Waals surface area contributed by atoms with Crippen molar-refractivity contribution in [3.05, 3.63) is 72.3 Å². The minimum atomic E-state index is -4.54. The summed E-state index contributed by atoms with van der Waals surface area (Å²) < 4.78 is 47.2. The first-order valence-corrected chi connectivity index (χ1v) is 9.95. The van der Waals surface area contributed by atoms with Gasteiger partial charge in [-0.05, 0) is 41.5 Å². The summed E-state index contributed by atoms with van der Waals surface area (Å²) in [6, 6.07) is 17.7. The van der Waals surface area contributed by atoms with Gasteiger partial charge < -0.3 is 14.4 Å². The van der Waals surface area contributed by atoms with Gasteiger partial charge in [-0.2, -0.15) is 13.2 Å². The fourth-order valence-corrected chi connectivity index (χ4v) is 3.86. The lowest BCUT2D eigenvalue weighted by atomic mass is 9.97. The maximum Gasteiger partial charge on any atom is 0.417 e. The largest absolute Gasteiger partial charge is 0.481 e. The van der Waals surface area contributed by atoms with Crippen LogP contribution in [0.1, 0.15) is 5.56 Å². The van der Waals surface area contributed by atoms with Crippen LogP contribution in [0.4, 0.5) is 18.9 Å². The van der Waals surface area contributed by atoms with E-state index in [2.05, 4.69) is 4.98 Å². The Bertz CT molecular complexity index is 1310. The molecule has 3 aromatic carbocycles. The number of halogens is 3. The lowest BCUT2D eigenvalue weighted by Crippen LogP contribution is -2.50. The van der Waals surface area contributed by atoms with Gasteiger partial charge in [-0.3, -0.25) is 4.79 Å². The highest BCUT2D eigenvalue weighted by molar-refractivity contribution is 5.82. The van der Waals surface area contributed by atoms with Gasteiger partial charge >= 0.3 is 12.1 Å². The normalized spacial score (nSPS) is 14.5.